The molecule has 0 saturated carbocycles. The molecule has 0 spiro atoms. The molecule has 1 atom stereocenters. The first-order valence-corrected chi connectivity index (χ1v) is 8.36. The van der Waals surface area contributed by atoms with Crippen LogP contribution in [0.1, 0.15) is 41.4 Å². The molecule has 1 aromatic heterocycles. The van der Waals surface area contributed by atoms with Crippen molar-refractivity contribution in [3.63, 3.8) is 0 Å². The number of rotatable bonds is 3. The van der Waals surface area contributed by atoms with E-state index < -0.39 is 23.2 Å². The zero-order chi connectivity index (χ0) is 18.3. The van der Waals surface area contributed by atoms with Crippen LogP contribution < -0.4 is 0 Å². The standard InChI is InChI=1S/C19H16F2N2O3/c20-14-8-12(9-15(21)19(14)25)18(24)11-4-5-16-13(7-11)10-22-23(16)17-3-1-2-6-26-17/h4-5,7-10,17,25H,1-3,6H2. The summed E-state index contributed by atoms with van der Waals surface area (Å²) in [7, 11) is 0. The van der Waals surface area contributed by atoms with Gasteiger partial charge in [0.05, 0.1) is 11.7 Å². The molecule has 1 unspecified atom stereocenters. The predicted octanol–water partition coefficient (Wildman–Crippen LogP) is 3.95. The van der Waals surface area contributed by atoms with Crippen LogP contribution in [0.4, 0.5) is 8.78 Å². The molecule has 4 rings (SSSR count). The largest absolute Gasteiger partial charge is 0.503 e. The summed E-state index contributed by atoms with van der Waals surface area (Å²) in [6.45, 7) is 0.695. The molecule has 1 aliphatic rings. The highest BCUT2D eigenvalue weighted by Crippen LogP contribution is 2.28. The Labute approximate surface area is 147 Å². The van der Waals surface area contributed by atoms with Gasteiger partial charge in [-0.05, 0) is 49.6 Å². The van der Waals surface area contributed by atoms with Gasteiger partial charge < -0.3 is 9.84 Å². The molecule has 3 aromatic rings. The number of carbonyl (C=O) groups excluding carboxylic acids is 1. The summed E-state index contributed by atoms with van der Waals surface area (Å²) in [5.74, 6) is -3.97. The first-order chi connectivity index (χ1) is 12.5. The first-order valence-electron chi connectivity index (χ1n) is 8.36. The number of ketones is 1. The van der Waals surface area contributed by atoms with Gasteiger partial charge in [-0.3, -0.25) is 4.79 Å². The number of aromatic nitrogens is 2. The number of benzene rings is 2. The van der Waals surface area contributed by atoms with Gasteiger partial charge in [0.15, 0.2) is 29.4 Å². The second-order valence-electron chi connectivity index (χ2n) is 6.30. The van der Waals surface area contributed by atoms with Crippen molar-refractivity contribution in [3.8, 4) is 5.75 Å². The maximum Gasteiger partial charge on any atom is 0.193 e. The van der Waals surface area contributed by atoms with E-state index in [0.717, 1.165) is 42.3 Å². The van der Waals surface area contributed by atoms with Crippen molar-refractivity contribution in [2.24, 2.45) is 0 Å². The molecule has 134 valence electrons. The number of phenolic OH excluding ortho intramolecular Hbond substituents is 1. The third-order valence-corrected chi connectivity index (χ3v) is 4.57. The van der Waals surface area contributed by atoms with Crippen LogP contribution >= 0.6 is 0 Å². The van der Waals surface area contributed by atoms with Crippen molar-refractivity contribution >= 4 is 16.7 Å². The molecule has 26 heavy (non-hydrogen) atoms. The van der Waals surface area contributed by atoms with E-state index in [-0.39, 0.29) is 17.4 Å². The molecule has 0 aliphatic carbocycles. The van der Waals surface area contributed by atoms with Crippen LogP contribution in [-0.4, -0.2) is 27.3 Å². The van der Waals surface area contributed by atoms with E-state index in [1.165, 1.54) is 0 Å². The van der Waals surface area contributed by atoms with Gasteiger partial charge in [0.2, 0.25) is 0 Å². The van der Waals surface area contributed by atoms with Crippen molar-refractivity contribution < 1.29 is 23.4 Å². The minimum absolute atomic E-state index is 0.122. The van der Waals surface area contributed by atoms with Crippen LogP contribution in [0.5, 0.6) is 5.75 Å². The summed E-state index contributed by atoms with van der Waals surface area (Å²) >= 11 is 0. The van der Waals surface area contributed by atoms with Gasteiger partial charge in [-0.15, -0.1) is 0 Å². The van der Waals surface area contributed by atoms with Crippen molar-refractivity contribution in [2.75, 3.05) is 6.61 Å². The Morgan fingerprint density at radius 3 is 2.62 bits per heavy atom. The van der Waals surface area contributed by atoms with Crippen LogP contribution in [0.15, 0.2) is 36.5 Å². The molecule has 5 nitrogen and oxygen atoms in total. The SMILES string of the molecule is O=C(c1cc(F)c(O)c(F)c1)c1ccc2c(cnn2C2CCCCO2)c1. The fraction of sp³-hybridized carbons (Fsp3) is 0.263. The Bertz CT molecular complexity index is 971. The fourth-order valence-corrected chi connectivity index (χ4v) is 3.20. The minimum Gasteiger partial charge on any atom is -0.503 e. The maximum absolute atomic E-state index is 13.5. The molecule has 1 aliphatic heterocycles. The highest BCUT2D eigenvalue weighted by molar-refractivity contribution is 6.10. The van der Waals surface area contributed by atoms with E-state index in [4.69, 9.17) is 9.84 Å². The van der Waals surface area contributed by atoms with Gasteiger partial charge in [0.1, 0.15) is 0 Å². The Balaban J connectivity index is 1.68. The quantitative estimate of drug-likeness (QED) is 0.720. The van der Waals surface area contributed by atoms with Crippen molar-refractivity contribution in [1.82, 2.24) is 9.78 Å². The zero-order valence-electron chi connectivity index (χ0n) is 13.8. The number of phenols is 1. The molecule has 0 radical (unpaired) electrons. The highest BCUT2D eigenvalue weighted by Gasteiger charge is 2.20. The van der Waals surface area contributed by atoms with E-state index in [1.807, 2.05) is 0 Å². The summed E-state index contributed by atoms with van der Waals surface area (Å²) in [5.41, 5.74) is 0.947. The second kappa shape index (κ2) is 6.49. The molecular weight excluding hydrogens is 342 g/mol. The number of nitrogens with zero attached hydrogens (tertiary/aromatic N) is 2. The summed E-state index contributed by atoms with van der Waals surface area (Å²) in [6.07, 6.45) is 4.50. The Kier molecular flexibility index (Phi) is 4.16. The van der Waals surface area contributed by atoms with Crippen molar-refractivity contribution in [1.29, 1.82) is 0 Å². The van der Waals surface area contributed by atoms with Crippen LogP contribution in [-0.2, 0) is 4.74 Å². The molecule has 0 bridgehead atoms. The molecule has 1 fully saturated rings. The molecule has 1 saturated heterocycles. The van der Waals surface area contributed by atoms with Crippen LogP contribution in [0, 0.1) is 11.6 Å². The lowest BCUT2D eigenvalue weighted by Gasteiger charge is -2.23. The van der Waals surface area contributed by atoms with Gasteiger partial charge in [-0.25, -0.2) is 13.5 Å². The highest BCUT2D eigenvalue weighted by atomic mass is 19.1. The van der Waals surface area contributed by atoms with Crippen LogP contribution in [0.3, 0.4) is 0 Å². The summed E-state index contributed by atoms with van der Waals surface area (Å²) < 4.78 is 34.6. The molecule has 2 aromatic carbocycles. The van der Waals surface area contributed by atoms with Crippen LogP contribution in [0.25, 0.3) is 10.9 Å². The number of carbonyl (C=O) groups is 1. The lowest BCUT2D eigenvalue weighted by atomic mass is 10.0. The van der Waals surface area contributed by atoms with E-state index in [1.54, 1.807) is 29.1 Å². The first kappa shape index (κ1) is 16.7. The van der Waals surface area contributed by atoms with E-state index in [0.29, 0.717) is 6.61 Å². The Morgan fingerprint density at radius 1 is 1.15 bits per heavy atom. The van der Waals surface area contributed by atoms with E-state index >= 15 is 0 Å². The smallest absolute Gasteiger partial charge is 0.193 e. The van der Waals surface area contributed by atoms with Gasteiger partial charge in [-0.2, -0.15) is 5.10 Å². The third kappa shape index (κ3) is 2.84. The van der Waals surface area contributed by atoms with Gasteiger partial charge in [0, 0.05) is 23.1 Å². The molecule has 0 amide bonds. The number of halogens is 2. The molecule has 1 N–H and O–H groups in total. The fourth-order valence-electron chi connectivity index (χ4n) is 3.20. The van der Waals surface area contributed by atoms with Crippen LogP contribution in [0.2, 0.25) is 0 Å². The minimum atomic E-state index is -1.17. The normalized spacial score (nSPS) is 17.5. The number of hydrogen-bond donors (Lipinski definition) is 1. The van der Waals surface area contributed by atoms with E-state index in [2.05, 4.69) is 5.10 Å². The molecule has 2 heterocycles. The summed E-state index contributed by atoms with van der Waals surface area (Å²) in [4.78, 5) is 12.5. The van der Waals surface area contributed by atoms with Gasteiger partial charge in [-0.1, -0.05) is 0 Å². The topological polar surface area (TPSA) is 64.3 Å². The van der Waals surface area contributed by atoms with Crippen molar-refractivity contribution in [2.45, 2.75) is 25.5 Å². The summed E-state index contributed by atoms with van der Waals surface area (Å²) in [5, 5.41) is 14.3. The second-order valence-corrected chi connectivity index (χ2v) is 6.30. The predicted molar refractivity (Wildman–Crippen MR) is 90.0 cm³/mol. The number of fused-ring (bicyclic) bond motifs is 1. The van der Waals surface area contributed by atoms with Gasteiger partial charge in [0.25, 0.3) is 0 Å². The zero-order valence-corrected chi connectivity index (χ0v) is 13.8. The molecule has 7 heteroatoms. The third-order valence-electron chi connectivity index (χ3n) is 4.57. The number of aromatic hydroxyl groups is 1. The Morgan fingerprint density at radius 2 is 1.92 bits per heavy atom. The average molecular weight is 358 g/mol. The molecular formula is C19H16F2N2O3. The number of hydrogen-bond acceptors (Lipinski definition) is 4. The summed E-state index contributed by atoms with van der Waals surface area (Å²) in [6, 6.07) is 6.62. The van der Waals surface area contributed by atoms with E-state index in [9.17, 15) is 13.6 Å². The Hall–Kier alpha value is -2.80. The van der Waals surface area contributed by atoms with Gasteiger partial charge >= 0.3 is 0 Å². The maximum atomic E-state index is 13.5. The average Bonchev–Trinajstić information content (AvgIpc) is 3.09. The lowest BCUT2D eigenvalue weighted by molar-refractivity contribution is -0.0366. The van der Waals surface area contributed by atoms with Crippen molar-refractivity contribution in [3.05, 3.63) is 59.3 Å². The monoisotopic (exact) mass is 358 g/mol. The number of ether oxygens (including phenoxy) is 1. The lowest BCUT2D eigenvalue weighted by Crippen LogP contribution is -2.18.